The quantitative estimate of drug-likeness (QED) is 0.235. The van der Waals surface area contributed by atoms with E-state index in [4.69, 9.17) is 4.74 Å². The Morgan fingerprint density at radius 2 is 1.67 bits per heavy atom. The maximum absolute atomic E-state index is 14.2. The van der Waals surface area contributed by atoms with E-state index in [2.05, 4.69) is 31.3 Å². The zero-order valence-electron chi connectivity index (χ0n) is 30.4. The summed E-state index contributed by atoms with van der Waals surface area (Å²) in [4.78, 5) is 96.4. The van der Waals surface area contributed by atoms with Crippen molar-refractivity contribution in [1.82, 2.24) is 31.1 Å². The lowest BCUT2D eigenvalue weighted by Gasteiger charge is -2.35. The summed E-state index contributed by atoms with van der Waals surface area (Å²) in [6, 6.07) is 5.89. The first-order chi connectivity index (χ1) is 26.1. The summed E-state index contributed by atoms with van der Waals surface area (Å²) >= 11 is 0. The van der Waals surface area contributed by atoms with Crippen LogP contribution in [-0.2, 0) is 39.9 Å². The average Bonchev–Trinajstić information content (AvgIpc) is 3.64. The molecule has 4 rings (SSSR count). The molecular weight excluding hydrogens is 731 g/mol. The monoisotopic (exact) mass is 775 g/mol. The second-order valence-corrected chi connectivity index (χ2v) is 13.0. The number of nitrogens with one attached hydrogen (secondary N) is 5. The molecule has 2 fully saturated rings. The second kappa shape index (κ2) is 18.9. The number of rotatable bonds is 9. The number of nitrogens with zero attached hydrogens (tertiary/aromatic N) is 2. The van der Waals surface area contributed by atoms with Crippen molar-refractivity contribution in [2.75, 3.05) is 31.6 Å². The number of amides is 7. The molecule has 5 N–H and O–H groups in total. The van der Waals surface area contributed by atoms with Crippen LogP contribution in [0.3, 0.4) is 0 Å². The van der Waals surface area contributed by atoms with Crippen molar-refractivity contribution in [2.24, 2.45) is 0 Å². The normalized spacial score (nSPS) is 22.1. The number of esters is 1. The van der Waals surface area contributed by atoms with Crippen LogP contribution in [0.5, 0.6) is 5.75 Å². The van der Waals surface area contributed by atoms with Crippen LogP contribution in [0.2, 0.25) is 0 Å². The number of hydrogen-bond donors (Lipinski definition) is 5. The van der Waals surface area contributed by atoms with Crippen molar-refractivity contribution in [3.63, 3.8) is 0 Å². The fourth-order valence-electron chi connectivity index (χ4n) is 6.07. The average molecular weight is 776 g/mol. The maximum Gasteiger partial charge on any atom is 0.573 e. The maximum atomic E-state index is 14.2. The van der Waals surface area contributed by atoms with Crippen LogP contribution in [0.4, 0.5) is 23.7 Å². The van der Waals surface area contributed by atoms with Gasteiger partial charge < -0.3 is 45.9 Å². The number of anilines is 1. The topological polar surface area (TPSA) is 205 Å². The molecule has 0 aromatic heterocycles. The van der Waals surface area contributed by atoms with Gasteiger partial charge >= 0.3 is 18.4 Å². The predicted molar refractivity (Wildman–Crippen MR) is 189 cm³/mol. The van der Waals surface area contributed by atoms with Crippen molar-refractivity contribution in [1.29, 1.82) is 0 Å². The minimum atomic E-state index is -4.92. The van der Waals surface area contributed by atoms with Gasteiger partial charge in [-0.1, -0.05) is 37.3 Å². The largest absolute Gasteiger partial charge is 0.573 e. The number of urea groups is 1. The molecule has 2 aromatic rings. The summed E-state index contributed by atoms with van der Waals surface area (Å²) in [7, 11) is 0. The van der Waals surface area contributed by atoms with Crippen LogP contribution < -0.4 is 31.3 Å². The van der Waals surface area contributed by atoms with E-state index in [1.54, 1.807) is 30.3 Å². The van der Waals surface area contributed by atoms with Gasteiger partial charge in [0.15, 0.2) is 0 Å². The summed E-state index contributed by atoms with van der Waals surface area (Å²) in [5, 5.41) is 12.4. The summed E-state index contributed by atoms with van der Waals surface area (Å²) in [5.74, 6) is -4.96. The van der Waals surface area contributed by atoms with Crippen molar-refractivity contribution in [3.05, 3.63) is 60.2 Å². The Balaban J connectivity index is 1.59. The van der Waals surface area contributed by atoms with Gasteiger partial charge in [-0.05, 0) is 62.9 Å². The molecule has 2 aliphatic rings. The predicted octanol–water partition coefficient (Wildman–Crippen LogP) is 1.60. The number of alkyl halides is 3. The van der Waals surface area contributed by atoms with Crippen LogP contribution in [0.25, 0.3) is 0 Å². The minimum Gasteiger partial charge on any atom is -0.462 e. The van der Waals surface area contributed by atoms with E-state index in [0.717, 1.165) is 24.3 Å². The molecule has 298 valence electrons. The fourth-order valence-corrected chi connectivity index (χ4v) is 6.07. The van der Waals surface area contributed by atoms with Gasteiger partial charge in [0.1, 0.15) is 49.1 Å². The zero-order valence-corrected chi connectivity index (χ0v) is 30.4. The Hall–Kier alpha value is -5.88. The summed E-state index contributed by atoms with van der Waals surface area (Å²) in [5.41, 5.74) is 0.678. The lowest BCUT2D eigenvalue weighted by Crippen LogP contribution is -2.60. The highest BCUT2D eigenvalue weighted by atomic mass is 19.4. The number of carbonyl (C=O) groups is 7. The molecule has 16 nitrogen and oxygen atoms in total. The number of hydrogen-bond acceptors (Lipinski definition) is 9. The van der Waals surface area contributed by atoms with Gasteiger partial charge in [0, 0.05) is 25.2 Å². The van der Waals surface area contributed by atoms with Crippen molar-refractivity contribution in [2.45, 2.75) is 83.0 Å². The molecule has 5 atom stereocenters. The van der Waals surface area contributed by atoms with Gasteiger partial charge in [0.05, 0.1) is 0 Å². The number of fused-ring (bicyclic) bond motifs is 1. The smallest absolute Gasteiger partial charge is 0.462 e. The van der Waals surface area contributed by atoms with E-state index < -0.39 is 97.0 Å². The third kappa shape index (κ3) is 12.1. The molecule has 0 radical (unpaired) electrons. The molecule has 7 amide bonds. The molecule has 0 spiro atoms. The van der Waals surface area contributed by atoms with Crippen molar-refractivity contribution in [3.8, 4) is 5.75 Å². The molecule has 55 heavy (non-hydrogen) atoms. The van der Waals surface area contributed by atoms with E-state index in [9.17, 15) is 46.7 Å². The van der Waals surface area contributed by atoms with Gasteiger partial charge in [-0.2, -0.15) is 0 Å². The van der Waals surface area contributed by atoms with Crippen LogP contribution in [-0.4, -0.2) is 114 Å². The lowest BCUT2D eigenvalue weighted by atomic mass is 10.0. The number of ether oxygens (including phenoxy) is 2. The van der Waals surface area contributed by atoms with E-state index in [1.165, 1.54) is 23.6 Å². The molecule has 0 saturated carbocycles. The Morgan fingerprint density at radius 1 is 0.982 bits per heavy atom. The standard InChI is InChI=1S/C36H44F3N7O9/c1-4-16-45-22(3)31(49)41-21(2)30(48)40-19-29(47)54-20-27(33(51)46-17-8-11-28(46)34(45)52)43-32(50)26(18-23-9-6-5-7-10-23)44-35(53)42-24-12-14-25(15-13-24)55-36(37,38)39/h5-7,9-10,12-15,21-22,26-28H,4,8,11,16-20H2,1-3H3,(H,40,48)(H,41,49)(H,43,50)(H2,42,44,53)/t21-,22-,26-,27-,28-/m0/s1. The van der Waals surface area contributed by atoms with Gasteiger partial charge in [-0.25, -0.2) is 4.79 Å². The van der Waals surface area contributed by atoms with E-state index in [0.29, 0.717) is 18.4 Å². The van der Waals surface area contributed by atoms with E-state index >= 15 is 0 Å². The number of cyclic esters (lactones) is 1. The molecule has 19 heteroatoms. The van der Waals surface area contributed by atoms with Gasteiger partial charge in [-0.15, -0.1) is 13.2 Å². The third-order valence-electron chi connectivity index (χ3n) is 8.85. The van der Waals surface area contributed by atoms with Gasteiger partial charge in [0.2, 0.25) is 29.5 Å². The molecule has 2 heterocycles. The Bertz CT molecular complexity index is 1710. The van der Waals surface area contributed by atoms with Gasteiger partial charge in [-0.3, -0.25) is 28.8 Å². The van der Waals surface area contributed by atoms with E-state index in [1.807, 2.05) is 6.92 Å². The highest BCUT2D eigenvalue weighted by Gasteiger charge is 2.42. The summed E-state index contributed by atoms with van der Waals surface area (Å²) in [6.45, 7) is 3.69. The lowest BCUT2D eigenvalue weighted by molar-refractivity contribution is -0.274. The molecule has 2 aromatic carbocycles. The molecular formula is C36H44F3N7O9. The van der Waals surface area contributed by atoms with Crippen LogP contribution in [0, 0.1) is 0 Å². The highest BCUT2D eigenvalue weighted by Crippen LogP contribution is 2.25. The zero-order chi connectivity index (χ0) is 40.3. The van der Waals surface area contributed by atoms with Crippen LogP contribution in [0.1, 0.15) is 45.6 Å². The molecule has 0 bridgehead atoms. The van der Waals surface area contributed by atoms with Crippen molar-refractivity contribution >= 4 is 47.2 Å². The molecule has 0 unspecified atom stereocenters. The van der Waals surface area contributed by atoms with Crippen molar-refractivity contribution < 1.29 is 56.2 Å². The Morgan fingerprint density at radius 3 is 2.33 bits per heavy atom. The first-order valence-electron chi connectivity index (χ1n) is 17.7. The Labute approximate surface area is 314 Å². The van der Waals surface area contributed by atoms with Crippen LogP contribution >= 0.6 is 0 Å². The first-order valence-corrected chi connectivity index (χ1v) is 17.7. The molecule has 2 saturated heterocycles. The Kier molecular flexibility index (Phi) is 14.4. The van der Waals surface area contributed by atoms with Crippen LogP contribution in [0.15, 0.2) is 54.6 Å². The number of benzene rings is 2. The van der Waals surface area contributed by atoms with E-state index in [-0.39, 0.29) is 31.6 Å². The van der Waals surface area contributed by atoms with Gasteiger partial charge in [0.25, 0.3) is 0 Å². The first kappa shape index (κ1) is 41.9. The second-order valence-electron chi connectivity index (χ2n) is 13.0. The fraction of sp³-hybridized carbons (Fsp3) is 0.472. The third-order valence-corrected chi connectivity index (χ3v) is 8.85. The SMILES string of the molecule is CCCN1C(=O)[C@@H]2CCCN2C(=O)[C@@H](NC(=O)[C@H](Cc2ccccc2)NC(=O)Nc2ccc(OC(F)(F)F)cc2)COC(=O)CNC(=O)[C@H](C)NC(=O)[C@@H]1C. The highest BCUT2D eigenvalue weighted by molar-refractivity contribution is 5.98. The number of halogens is 3. The minimum absolute atomic E-state index is 0.0701. The summed E-state index contributed by atoms with van der Waals surface area (Å²) in [6.07, 6.45) is -3.85. The number of carbonyl (C=O) groups excluding carboxylic acids is 7. The molecule has 2 aliphatic heterocycles. The summed E-state index contributed by atoms with van der Waals surface area (Å²) < 4.78 is 46.9. The molecule has 0 aliphatic carbocycles.